The van der Waals surface area contributed by atoms with Gasteiger partial charge in [0.25, 0.3) is 5.91 Å². The number of hydrogen-bond donors (Lipinski definition) is 2. The predicted molar refractivity (Wildman–Crippen MR) is 186 cm³/mol. The maximum Gasteiger partial charge on any atom is 0.410 e. The normalized spacial score (nSPS) is 17.4. The Hall–Kier alpha value is -5.33. The summed E-state index contributed by atoms with van der Waals surface area (Å²) >= 11 is 0. The van der Waals surface area contributed by atoms with E-state index in [0.717, 1.165) is 23.2 Å². The molecule has 0 saturated carbocycles. The molecule has 50 heavy (non-hydrogen) atoms. The molecule has 13 heteroatoms. The number of rotatable bonds is 7. The number of carbonyl (C=O) groups is 4. The van der Waals surface area contributed by atoms with Crippen molar-refractivity contribution in [3.63, 3.8) is 0 Å². The molecule has 2 aromatic carbocycles. The molecule has 264 valence electrons. The summed E-state index contributed by atoms with van der Waals surface area (Å²) in [6.07, 6.45) is 1.96. The summed E-state index contributed by atoms with van der Waals surface area (Å²) in [7, 11) is 1.32. The second kappa shape index (κ2) is 15.1. The molecule has 2 fully saturated rings. The number of para-hydroxylation sites is 1. The highest BCUT2D eigenvalue weighted by Gasteiger charge is 2.35. The number of urea groups is 1. The van der Waals surface area contributed by atoms with E-state index in [0.29, 0.717) is 81.2 Å². The molecule has 0 aliphatic carbocycles. The SMILES string of the molecule is COC(=O)c1ccc(N2CCN(C(=O)[C@@H](Cc3cc(C)c(O)c(C)c3)OC(=O)N3CCC(N4CCc5ccccc5NC4=O)CC3)CC2)nc1. The molecular formula is C37H44N6O7. The van der Waals surface area contributed by atoms with Gasteiger partial charge >= 0.3 is 18.1 Å². The number of pyridine rings is 1. The van der Waals surface area contributed by atoms with Crippen LogP contribution in [0.1, 0.15) is 45.5 Å². The minimum atomic E-state index is -1.07. The number of amides is 4. The molecule has 13 nitrogen and oxygen atoms in total. The van der Waals surface area contributed by atoms with Crippen molar-refractivity contribution in [1.29, 1.82) is 0 Å². The Kier molecular flexibility index (Phi) is 10.4. The first kappa shape index (κ1) is 34.5. The Morgan fingerprint density at radius 1 is 0.940 bits per heavy atom. The number of likely N-dealkylation sites (tertiary alicyclic amines) is 1. The zero-order valence-corrected chi connectivity index (χ0v) is 28.8. The Morgan fingerprint density at radius 2 is 1.64 bits per heavy atom. The van der Waals surface area contributed by atoms with Gasteiger partial charge in [0.1, 0.15) is 11.6 Å². The van der Waals surface area contributed by atoms with Gasteiger partial charge < -0.3 is 39.5 Å². The quantitative estimate of drug-likeness (QED) is 0.351. The number of phenolic OH excluding ortho intramolecular Hbond substituents is 1. The summed E-state index contributed by atoms with van der Waals surface area (Å²) in [5.41, 5.74) is 4.44. The Labute approximate surface area is 291 Å². The number of aromatic hydroxyl groups is 1. The van der Waals surface area contributed by atoms with Crippen LogP contribution in [0.2, 0.25) is 0 Å². The van der Waals surface area contributed by atoms with E-state index in [2.05, 4.69) is 10.3 Å². The maximum atomic E-state index is 14.0. The number of nitrogens with one attached hydrogen (secondary N) is 1. The van der Waals surface area contributed by atoms with Crippen LogP contribution in [0.3, 0.4) is 0 Å². The van der Waals surface area contributed by atoms with Gasteiger partial charge in [0.15, 0.2) is 6.10 Å². The second-order valence-corrected chi connectivity index (χ2v) is 13.1. The molecule has 4 amide bonds. The predicted octanol–water partition coefficient (Wildman–Crippen LogP) is 4.14. The largest absolute Gasteiger partial charge is 0.507 e. The van der Waals surface area contributed by atoms with Crippen LogP contribution in [0.4, 0.5) is 21.1 Å². The molecule has 3 aliphatic rings. The summed E-state index contributed by atoms with van der Waals surface area (Å²) in [5, 5.41) is 13.4. The minimum absolute atomic E-state index is 0.0174. The highest BCUT2D eigenvalue weighted by atomic mass is 16.6. The molecule has 2 saturated heterocycles. The molecule has 3 aliphatic heterocycles. The van der Waals surface area contributed by atoms with Crippen molar-refractivity contribution in [3.05, 3.63) is 82.5 Å². The molecule has 0 unspecified atom stereocenters. The molecule has 1 atom stereocenters. The zero-order valence-electron chi connectivity index (χ0n) is 28.8. The van der Waals surface area contributed by atoms with Crippen molar-refractivity contribution in [2.24, 2.45) is 0 Å². The highest BCUT2D eigenvalue weighted by Crippen LogP contribution is 2.27. The van der Waals surface area contributed by atoms with Gasteiger partial charge in [0.05, 0.1) is 12.7 Å². The Morgan fingerprint density at radius 3 is 2.30 bits per heavy atom. The van der Waals surface area contributed by atoms with Gasteiger partial charge in [0.2, 0.25) is 0 Å². The molecule has 0 spiro atoms. The number of carbonyl (C=O) groups excluding carboxylic acids is 4. The van der Waals surface area contributed by atoms with Crippen LogP contribution < -0.4 is 10.2 Å². The van der Waals surface area contributed by atoms with E-state index in [-0.39, 0.29) is 30.2 Å². The molecular weight excluding hydrogens is 640 g/mol. The number of ether oxygens (including phenoxy) is 2. The third-order valence-corrected chi connectivity index (χ3v) is 9.88. The fourth-order valence-electron chi connectivity index (χ4n) is 7.02. The number of nitrogens with zero attached hydrogens (tertiary/aromatic N) is 5. The van der Waals surface area contributed by atoms with Crippen molar-refractivity contribution in [2.75, 3.05) is 63.1 Å². The van der Waals surface area contributed by atoms with Gasteiger partial charge in [-0.2, -0.15) is 0 Å². The third-order valence-electron chi connectivity index (χ3n) is 9.88. The van der Waals surface area contributed by atoms with E-state index in [1.165, 1.54) is 13.3 Å². The number of hydrogen-bond acceptors (Lipinski definition) is 9. The van der Waals surface area contributed by atoms with E-state index < -0.39 is 18.2 Å². The number of aromatic nitrogens is 1. The lowest BCUT2D eigenvalue weighted by atomic mass is 10.0. The third kappa shape index (κ3) is 7.61. The van der Waals surface area contributed by atoms with E-state index in [4.69, 9.17) is 9.47 Å². The molecule has 0 radical (unpaired) electrons. The summed E-state index contributed by atoms with van der Waals surface area (Å²) in [6.45, 7) is 6.82. The van der Waals surface area contributed by atoms with Crippen molar-refractivity contribution < 1.29 is 33.8 Å². The lowest BCUT2D eigenvalue weighted by Crippen LogP contribution is -2.54. The average Bonchev–Trinajstić information content (AvgIpc) is 3.31. The minimum Gasteiger partial charge on any atom is -0.507 e. The van der Waals surface area contributed by atoms with Crippen LogP contribution in [0.5, 0.6) is 5.75 Å². The lowest BCUT2D eigenvalue weighted by Gasteiger charge is -2.39. The maximum absolute atomic E-state index is 14.0. The number of phenols is 1. The van der Waals surface area contributed by atoms with Crippen LogP contribution in [0, 0.1) is 13.8 Å². The zero-order chi connectivity index (χ0) is 35.4. The van der Waals surface area contributed by atoms with Gasteiger partial charge in [-0.25, -0.2) is 19.4 Å². The van der Waals surface area contributed by atoms with Gasteiger partial charge in [-0.3, -0.25) is 4.79 Å². The summed E-state index contributed by atoms with van der Waals surface area (Å²) in [4.78, 5) is 64.1. The average molecular weight is 685 g/mol. The standard InChI is InChI=1S/C37H44N6O7/c1-24-20-26(21-25(2)33(24)44)22-31(34(45)41-18-16-40(17-19-41)32-9-8-28(23-38-32)35(46)49-3)50-37(48)42-13-11-29(12-14-42)43-15-10-27-6-4-5-7-30(27)39-36(43)47/h4-9,20-21,23,29,31,44H,10-19,22H2,1-3H3,(H,39,47)/t31-/m1/s1. The molecule has 1 aromatic heterocycles. The smallest absolute Gasteiger partial charge is 0.410 e. The molecule has 0 bridgehead atoms. The molecule has 4 heterocycles. The van der Waals surface area contributed by atoms with E-state index >= 15 is 0 Å². The van der Waals surface area contributed by atoms with Crippen molar-refractivity contribution in [1.82, 2.24) is 19.7 Å². The summed E-state index contributed by atoms with van der Waals surface area (Å²) in [5.74, 6) is 0.141. The van der Waals surface area contributed by atoms with Gasteiger partial charge in [-0.15, -0.1) is 0 Å². The molecule has 2 N–H and O–H groups in total. The first-order chi connectivity index (χ1) is 24.1. The van der Waals surface area contributed by atoms with Crippen LogP contribution in [0.15, 0.2) is 54.7 Å². The number of benzene rings is 2. The highest BCUT2D eigenvalue weighted by molar-refractivity contribution is 5.91. The topological polar surface area (TPSA) is 145 Å². The van der Waals surface area contributed by atoms with E-state index in [9.17, 15) is 24.3 Å². The molecule has 3 aromatic rings. The second-order valence-electron chi connectivity index (χ2n) is 13.1. The monoisotopic (exact) mass is 684 g/mol. The van der Waals surface area contributed by atoms with Crippen molar-refractivity contribution >= 4 is 35.5 Å². The number of fused-ring (bicyclic) bond motifs is 1. The summed E-state index contributed by atoms with van der Waals surface area (Å²) < 4.78 is 10.8. The van der Waals surface area contributed by atoms with Crippen LogP contribution in [-0.2, 0) is 27.1 Å². The van der Waals surface area contributed by atoms with Crippen molar-refractivity contribution in [2.45, 2.75) is 51.7 Å². The van der Waals surface area contributed by atoms with Crippen LogP contribution >= 0.6 is 0 Å². The first-order valence-corrected chi connectivity index (χ1v) is 17.1. The number of aryl methyl sites for hydroxylation is 2. The van der Waals surface area contributed by atoms with Gasteiger partial charge in [0, 0.05) is 70.2 Å². The number of piperidine rings is 1. The lowest BCUT2D eigenvalue weighted by molar-refractivity contribution is -0.141. The van der Waals surface area contributed by atoms with Crippen molar-refractivity contribution in [3.8, 4) is 5.75 Å². The Balaban J connectivity index is 1.09. The number of methoxy groups -OCH3 is 1. The Bertz CT molecular complexity index is 1710. The van der Waals surface area contributed by atoms with E-state index in [1.807, 2.05) is 46.2 Å². The number of anilines is 2. The van der Waals surface area contributed by atoms with Crippen LogP contribution in [-0.4, -0.2) is 114 Å². The fraction of sp³-hybridized carbons (Fsp3) is 0.432. The number of esters is 1. The van der Waals surface area contributed by atoms with Crippen LogP contribution in [0.25, 0.3) is 0 Å². The first-order valence-electron chi connectivity index (χ1n) is 17.1. The number of piperazine rings is 1. The van der Waals surface area contributed by atoms with E-state index in [1.54, 1.807) is 35.8 Å². The fourth-order valence-corrected chi connectivity index (χ4v) is 7.02. The van der Waals surface area contributed by atoms with Gasteiger partial charge in [-0.05, 0) is 73.6 Å². The summed E-state index contributed by atoms with van der Waals surface area (Å²) in [6, 6.07) is 14.7. The van der Waals surface area contributed by atoms with Gasteiger partial charge in [-0.1, -0.05) is 30.3 Å². The molecule has 6 rings (SSSR count).